The van der Waals surface area contributed by atoms with Gasteiger partial charge in [-0.15, -0.1) is 0 Å². The molecule has 6 aromatic rings. The first-order chi connectivity index (χ1) is 20.7. The van der Waals surface area contributed by atoms with E-state index in [0.717, 1.165) is 50.3 Å². The fraction of sp³-hybridized carbons (Fsp3) is 0.194. The first-order valence-electron chi connectivity index (χ1n) is 14.5. The third kappa shape index (κ3) is 3.77. The zero-order valence-corrected chi connectivity index (χ0v) is 24.2. The van der Waals surface area contributed by atoms with E-state index < -0.39 is 5.54 Å². The van der Waals surface area contributed by atoms with Gasteiger partial charge in [-0.3, -0.25) is 14.5 Å². The highest BCUT2D eigenvalue weighted by Crippen LogP contribution is 2.58. The van der Waals surface area contributed by atoms with Crippen LogP contribution in [-0.2, 0) is 5.54 Å². The normalized spacial score (nSPS) is 17.0. The molecule has 1 aliphatic heterocycles. The highest BCUT2D eigenvalue weighted by atomic mass is 16.2. The van der Waals surface area contributed by atoms with Crippen LogP contribution in [0.4, 0.5) is 0 Å². The lowest BCUT2D eigenvalue weighted by molar-refractivity contribution is -0.0414. The minimum atomic E-state index is -0.696. The molecule has 0 atom stereocenters. The Balaban J connectivity index is 1.27. The van der Waals surface area contributed by atoms with Gasteiger partial charge in [0.2, 0.25) is 0 Å². The lowest BCUT2D eigenvalue weighted by atomic mass is 9.56. The van der Waals surface area contributed by atoms with Gasteiger partial charge in [0, 0.05) is 28.8 Å². The Morgan fingerprint density at radius 3 is 2.05 bits per heavy atom. The first-order valence-corrected chi connectivity index (χ1v) is 14.5. The highest BCUT2D eigenvalue weighted by Gasteiger charge is 2.59. The molecule has 0 bridgehead atoms. The Kier molecular flexibility index (Phi) is 5.29. The van der Waals surface area contributed by atoms with Crippen LogP contribution in [0.2, 0.25) is 0 Å². The Hall–Kier alpha value is -5.17. The summed E-state index contributed by atoms with van der Waals surface area (Å²) in [6, 6.07) is 29.7. The molecule has 1 aliphatic carbocycles. The SMILES string of the molecule is Cc1cc2ncc3cc(-c4ccccc4)c(-c4ccc(C5(N6C(=O)c7ccccc7C6=O)CC(C)(C)C5)cc4)nc3n2n1. The van der Waals surface area contributed by atoms with E-state index in [4.69, 9.17) is 4.98 Å². The van der Waals surface area contributed by atoms with Crippen molar-refractivity contribution >= 4 is 28.5 Å². The number of hydrogen-bond donors (Lipinski definition) is 0. The Labute approximate surface area is 248 Å². The molecule has 3 aromatic heterocycles. The maximum absolute atomic E-state index is 13.6. The third-order valence-corrected chi connectivity index (χ3v) is 8.92. The number of rotatable bonds is 4. The maximum atomic E-state index is 13.6. The molecule has 0 N–H and O–H groups in total. The number of nitrogens with zero attached hydrogens (tertiary/aromatic N) is 5. The van der Waals surface area contributed by atoms with E-state index >= 15 is 0 Å². The van der Waals surface area contributed by atoms with E-state index in [2.05, 4.69) is 66.4 Å². The molecule has 3 aromatic carbocycles. The van der Waals surface area contributed by atoms with E-state index in [1.807, 2.05) is 49.5 Å². The van der Waals surface area contributed by atoms with Gasteiger partial charge in [-0.25, -0.2) is 9.97 Å². The fourth-order valence-corrected chi connectivity index (χ4v) is 7.25. The van der Waals surface area contributed by atoms with Crippen LogP contribution < -0.4 is 0 Å². The monoisotopic (exact) mass is 563 g/mol. The molecule has 210 valence electrons. The summed E-state index contributed by atoms with van der Waals surface area (Å²) in [6.07, 6.45) is 3.26. The quantitative estimate of drug-likeness (QED) is 0.211. The summed E-state index contributed by atoms with van der Waals surface area (Å²) in [5, 5.41) is 5.55. The lowest BCUT2D eigenvalue weighted by Gasteiger charge is -2.57. The van der Waals surface area contributed by atoms with Crippen molar-refractivity contribution in [3.05, 3.63) is 120 Å². The van der Waals surface area contributed by atoms with E-state index in [-0.39, 0.29) is 17.2 Å². The van der Waals surface area contributed by atoms with E-state index in [0.29, 0.717) is 24.0 Å². The molecule has 0 saturated heterocycles. The van der Waals surface area contributed by atoms with Crippen LogP contribution in [-0.4, -0.2) is 36.3 Å². The van der Waals surface area contributed by atoms with Crippen LogP contribution in [0.15, 0.2) is 97.2 Å². The molecule has 43 heavy (non-hydrogen) atoms. The molecule has 8 rings (SSSR count). The number of pyridine rings is 1. The van der Waals surface area contributed by atoms with Gasteiger partial charge in [0.15, 0.2) is 11.3 Å². The van der Waals surface area contributed by atoms with Crippen molar-refractivity contribution in [3.63, 3.8) is 0 Å². The second-order valence-corrected chi connectivity index (χ2v) is 12.6. The smallest absolute Gasteiger partial charge is 0.262 e. The fourth-order valence-electron chi connectivity index (χ4n) is 7.25. The highest BCUT2D eigenvalue weighted by molar-refractivity contribution is 6.22. The molecule has 0 radical (unpaired) electrons. The van der Waals surface area contributed by atoms with Crippen LogP contribution in [0.5, 0.6) is 0 Å². The van der Waals surface area contributed by atoms with Gasteiger partial charge in [0.05, 0.1) is 28.1 Å². The largest absolute Gasteiger partial charge is 0.269 e. The van der Waals surface area contributed by atoms with E-state index in [9.17, 15) is 9.59 Å². The Morgan fingerprint density at radius 2 is 1.40 bits per heavy atom. The summed E-state index contributed by atoms with van der Waals surface area (Å²) in [5.41, 5.74) is 7.41. The lowest BCUT2D eigenvalue weighted by Crippen LogP contribution is -2.59. The van der Waals surface area contributed by atoms with Crippen LogP contribution in [0.3, 0.4) is 0 Å². The second-order valence-electron chi connectivity index (χ2n) is 12.6. The second kappa shape index (κ2) is 8.91. The van der Waals surface area contributed by atoms with Gasteiger partial charge in [-0.05, 0) is 54.5 Å². The number of carbonyl (C=O) groups excluding carboxylic acids is 2. The topological polar surface area (TPSA) is 80.5 Å². The van der Waals surface area contributed by atoms with Crippen LogP contribution in [0.25, 0.3) is 39.1 Å². The van der Waals surface area contributed by atoms with Crippen LogP contribution in [0, 0.1) is 12.3 Å². The molecule has 1 fully saturated rings. The summed E-state index contributed by atoms with van der Waals surface area (Å²) in [7, 11) is 0. The van der Waals surface area contributed by atoms with Crippen molar-refractivity contribution in [2.45, 2.75) is 39.2 Å². The standard InChI is InChI=1S/C36H29N5O2/c1-22-17-30-37-19-25-18-29(23-9-5-4-6-10-23)31(38-32(25)41(30)39-22)24-13-15-26(16-14-24)36(20-35(2,3)21-36)40-33(42)27-11-7-8-12-28(27)34(40)43/h4-19H,20-21H2,1-3H3. The zero-order chi connectivity index (χ0) is 29.5. The molecule has 2 amide bonds. The summed E-state index contributed by atoms with van der Waals surface area (Å²) in [5.74, 6) is -0.426. The number of carbonyl (C=O) groups is 2. The molecular formula is C36H29N5O2. The molecule has 0 spiro atoms. The Bertz CT molecular complexity index is 2070. The van der Waals surface area contributed by atoms with Gasteiger partial charge < -0.3 is 0 Å². The molecule has 1 saturated carbocycles. The first kappa shape index (κ1) is 25.5. The van der Waals surface area contributed by atoms with E-state index in [1.165, 1.54) is 4.90 Å². The van der Waals surface area contributed by atoms with Crippen molar-refractivity contribution < 1.29 is 9.59 Å². The summed E-state index contributed by atoms with van der Waals surface area (Å²) >= 11 is 0. The average Bonchev–Trinajstić information content (AvgIpc) is 3.52. The van der Waals surface area contributed by atoms with Crippen molar-refractivity contribution in [1.82, 2.24) is 24.5 Å². The number of aryl methyl sites for hydroxylation is 1. The summed E-state index contributed by atoms with van der Waals surface area (Å²) in [4.78, 5) is 38.6. The maximum Gasteiger partial charge on any atom is 0.262 e. The van der Waals surface area contributed by atoms with Crippen molar-refractivity contribution in [3.8, 4) is 22.4 Å². The Morgan fingerprint density at radius 1 is 0.744 bits per heavy atom. The van der Waals surface area contributed by atoms with Gasteiger partial charge in [0.25, 0.3) is 11.8 Å². The van der Waals surface area contributed by atoms with Crippen LogP contribution in [0.1, 0.15) is 58.7 Å². The molecule has 0 unspecified atom stereocenters. The minimum absolute atomic E-state index is 0.00961. The van der Waals surface area contributed by atoms with Crippen LogP contribution >= 0.6 is 0 Å². The average molecular weight is 564 g/mol. The molecule has 7 heteroatoms. The molecule has 2 aliphatic rings. The summed E-state index contributed by atoms with van der Waals surface area (Å²) in [6.45, 7) is 6.33. The predicted molar refractivity (Wildman–Crippen MR) is 166 cm³/mol. The van der Waals surface area contributed by atoms with Gasteiger partial charge >= 0.3 is 0 Å². The third-order valence-electron chi connectivity index (χ3n) is 8.92. The molecule has 4 heterocycles. The van der Waals surface area contributed by atoms with Crippen molar-refractivity contribution in [2.75, 3.05) is 0 Å². The number of benzene rings is 3. The number of fused-ring (bicyclic) bond motifs is 4. The number of aromatic nitrogens is 4. The summed E-state index contributed by atoms with van der Waals surface area (Å²) < 4.78 is 1.80. The molecular weight excluding hydrogens is 534 g/mol. The molecule has 7 nitrogen and oxygen atoms in total. The predicted octanol–water partition coefficient (Wildman–Crippen LogP) is 7.23. The number of amides is 2. The van der Waals surface area contributed by atoms with E-state index in [1.54, 1.807) is 16.6 Å². The van der Waals surface area contributed by atoms with Crippen molar-refractivity contribution in [2.24, 2.45) is 5.41 Å². The zero-order valence-electron chi connectivity index (χ0n) is 24.2. The minimum Gasteiger partial charge on any atom is -0.269 e. The number of imide groups is 1. The number of hydrogen-bond acceptors (Lipinski definition) is 5. The van der Waals surface area contributed by atoms with Crippen molar-refractivity contribution in [1.29, 1.82) is 0 Å². The van der Waals surface area contributed by atoms with Gasteiger partial charge in [-0.2, -0.15) is 9.61 Å². The van der Waals surface area contributed by atoms with Gasteiger partial charge in [-0.1, -0.05) is 80.6 Å². The van der Waals surface area contributed by atoms with Gasteiger partial charge in [0.1, 0.15) is 0 Å².